The van der Waals surface area contributed by atoms with Crippen LogP contribution < -0.4 is 10.6 Å². The van der Waals surface area contributed by atoms with E-state index in [1.165, 1.54) is 0 Å². The quantitative estimate of drug-likeness (QED) is 0.812. The molecule has 0 fully saturated rings. The van der Waals surface area contributed by atoms with Crippen LogP contribution in [0, 0.1) is 6.92 Å². The summed E-state index contributed by atoms with van der Waals surface area (Å²) in [6, 6.07) is 5.85. The van der Waals surface area contributed by atoms with Gasteiger partial charge >= 0.3 is 11.8 Å². The Kier molecular flexibility index (Phi) is 6.37. The molecule has 1 aromatic rings. The van der Waals surface area contributed by atoms with Crippen molar-refractivity contribution in [1.29, 1.82) is 0 Å². The van der Waals surface area contributed by atoms with Gasteiger partial charge in [-0.15, -0.1) is 0 Å². The number of aryl methyl sites for hydroxylation is 1. The third kappa shape index (κ3) is 5.19. The standard InChI is InChI=1S/C16H25N3O2/c1-11(2)13-8-6-7-12(3)14(13)18-16(21)15(20)17-9-10-19(4)5/h6-8,11H,9-10H2,1-5H3,(H,17,20)(H,18,21). The lowest BCUT2D eigenvalue weighted by Crippen LogP contribution is -2.39. The summed E-state index contributed by atoms with van der Waals surface area (Å²) in [4.78, 5) is 25.7. The Bertz CT molecular complexity index is 510. The van der Waals surface area contributed by atoms with E-state index in [2.05, 4.69) is 24.5 Å². The minimum Gasteiger partial charge on any atom is -0.347 e. The largest absolute Gasteiger partial charge is 0.347 e. The van der Waals surface area contributed by atoms with Gasteiger partial charge in [0.1, 0.15) is 0 Å². The predicted molar refractivity (Wildman–Crippen MR) is 85.5 cm³/mol. The highest BCUT2D eigenvalue weighted by molar-refractivity contribution is 6.39. The third-order valence-electron chi connectivity index (χ3n) is 3.22. The fraction of sp³-hybridized carbons (Fsp3) is 0.500. The number of anilines is 1. The molecule has 21 heavy (non-hydrogen) atoms. The Morgan fingerprint density at radius 3 is 2.43 bits per heavy atom. The number of hydrogen-bond acceptors (Lipinski definition) is 3. The van der Waals surface area contributed by atoms with Crippen molar-refractivity contribution >= 4 is 17.5 Å². The summed E-state index contributed by atoms with van der Waals surface area (Å²) < 4.78 is 0. The smallest absolute Gasteiger partial charge is 0.313 e. The zero-order valence-electron chi connectivity index (χ0n) is 13.5. The van der Waals surface area contributed by atoms with Gasteiger partial charge in [-0.25, -0.2) is 0 Å². The Hall–Kier alpha value is -1.88. The molecule has 0 spiro atoms. The molecule has 0 radical (unpaired) electrons. The van der Waals surface area contributed by atoms with Gasteiger partial charge in [0.05, 0.1) is 0 Å². The number of nitrogens with zero attached hydrogens (tertiary/aromatic N) is 1. The molecule has 0 heterocycles. The van der Waals surface area contributed by atoms with Gasteiger partial charge in [0.25, 0.3) is 0 Å². The molecule has 116 valence electrons. The number of likely N-dealkylation sites (N-methyl/N-ethyl adjacent to an activating group) is 1. The maximum absolute atomic E-state index is 12.0. The van der Waals surface area contributed by atoms with Crippen molar-refractivity contribution in [3.8, 4) is 0 Å². The first-order chi connectivity index (χ1) is 9.82. The second-order valence-electron chi connectivity index (χ2n) is 5.71. The van der Waals surface area contributed by atoms with Crippen molar-refractivity contribution in [2.45, 2.75) is 26.7 Å². The molecule has 1 aromatic carbocycles. The van der Waals surface area contributed by atoms with Crippen LogP contribution in [0.5, 0.6) is 0 Å². The van der Waals surface area contributed by atoms with E-state index in [4.69, 9.17) is 0 Å². The van der Waals surface area contributed by atoms with Crippen LogP contribution in [0.25, 0.3) is 0 Å². The fourth-order valence-corrected chi connectivity index (χ4v) is 1.99. The van der Waals surface area contributed by atoms with E-state index in [-0.39, 0.29) is 5.92 Å². The van der Waals surface area contributed by atoms with Crippen molar-refractivity contribution in [2.24, 2.45) is 0 Å². The fourth-order valence-electron chi connectivity index (χ4n) is 1.99. The number of amides is 2. The Morgan fingerprint density at radius 1 is 1.19 bits per heavy atom. The summed E-state index contributed by atoms with van der Waals surface area (Å²) in [5, 5.41) is 5.34. The van der Waals surface area contributed by atoms with E-state index >= 15 is 0 Å². The van der Waals surface area contributed by atoms with Gasteiger partial charge in [-0.05, 0) is 38.1 Å². The van der Waals surface area contributed by atoms with E-state index in [0.29, 0.717) is 13.1 Å². The number of para-hydroxylation sites is 1. The summed E-state index contributed by atoms with van der Waals surface area (Å²) in [7, 11) is 3.82. The molecule has 0 aliphatic heterocycles. The number of hydrogen-bond donors (Lipinski definition) is 2. The second kappa shape index (κ2) is 7.78. The number of benzene rings is 1. The Balaban J connectivity index is 2.73. The van der Waals surface area contributed by atoms with Crippen LogP contribution in [-0.4, -0.2) is 43.9 Å². The first-order valence-electron chi connectivity index (χ1n) is 7.16. The monoisotopic (exact) mass is 291 g/mol. The Morgan fingerprint density at radius 2 is 1.86 bits per heavy atom. The summed E-state index contributed by atoms with van der Waals surface area (Å²) in [5.74, 6) is -0.947. The topological polar surface area (TPSA) is 61.4 Å². The van der Waals surface area contributed by atoms with E-state index in [9.17, 15) is 9.59 Å². The highest BCUT2D eigenvalue weighted by atomic mass is 16.2. The second-order valence-corrected chi connectivity index (χ2v) is 5.71. The van der Waals surface area contributed by atoms with E-state index < -0.39 is 11.8 Å². The molecule has 0 saturated carbocycles. The summed E-state index contributed by atoms with van der Waals surface area (Å²) in [6.45, 7) is 7.18. The number of carbonyl (C=O) groups excluding carboxylic acids is 2. The number of carbonyl (C=O) groups is 2. The molecule has 5 heteroatoms. The molecular weight excluding hydrogens is 266 g/mol. The van der Waals surface area contributed by atoms with Gasteiger partial charge in [0, 0.05) is 18.8 Å². The van der Waals surface area contributed by atoms with Crippen molar-refractivity contribution in [2.75, 3.05) is 32.5 Å². The van der Waals surface area contributed by atoms with Crippen LogP contribution >= 0.6 is 0 Å². The highest BCUT2D eigenvalue weighted by Crippen LogP contribution is 2.27. The van der Waals surface area contributed by atoms with Crippen molar-refractivity contribution in [1.82, 2.24) is 10.2 Å². The summed E-state index contributed by atoms with van der Waals surface area (Å²) in [6.07, 6.45) is 0. The molecular formula is C16H25N3O2. The molecule has 0 unspecified atom stereocenters. The van der Waals surface area contributed by atoms with E-state index in [0.717, 1.165) is 16.8 Å². The zero-order valence-corrected chi connectivity index (χ0v) is 13.5. The SMILES string of the molecule is Cc1cccc(C(C)C)c1NC(=O)C(=O)NCCN(C)C. The van der Waals surface area contributed by atoms with Crippen LogP contribution in [-0.2, 0) is 9.59 Å². The average molecular weight is 291 g/mol. The maximum Gasteiger partial charge on any atom is 0.313 e. The number of rotatable bonds is 5. The molecule has 2 N–H and O–H groups in total. The molecule has 5 nitrogen and oxygen atoms in total. The molecule has 0 saturated heterocycles. The van der Waals surface area contributed by atoms with Gasteiger partial charge in [0.2, 0.25) is 0 Å². The highest BCUT2D eigenvalue weighted by Gasteiger charge is 2.17. The van der Waals surface area contributed by atoms with Gasteiger partial charge in [-0.2, -0.15) is 0 Å². The lowest BCUT2D eigenvalue weighted by Gasteiger charge is -2.16. The van der Waals surface area contributed by atoms with Crippen molar-refractivity contribution in [3.63, 3.8) is 0 Å². The first-order valence-corrected chi connectivity index (χ1v) is 7.16. The van der Waals surface area contributed by atoms with E-state index in [1.807, 2.05) is 44.1 Å². The minimum atomic E-state index is -0.620. The lowest BCUT2D eigenvalue weighted by atomic mass is 9.98. The van der Waals surface area contributed by atoms with Crippen LogP contribution in [0.3, 0.4) is 0 Å². The molecule has 0 atom stereocenters. The van der Waals surface area contributed by atoms with Gasteiger partial charge in [-0.3, -0.25) is 9.59 Å². The molecule has 0 aromatic heterocycles. The summed E-state index contributed by atoms with van der Waals surface area (Å²) in [5.41, 5.74) is 2.72. The van der Waals surface area contributed by atoms with Crippen LogP contribution in [0.2, 0.25) is 0 Å². The first kappa shape index (κ1) is 17.2. The predicted octanol–water partition coefficient (Wildman–Crippen LogP) is 1.73. The zero-order chi connectivity index (χ0) is 16.0. The van der Waals surface area contributed by atoms with Crippen LogP contribution in [0.4, 0.5) is 5.69 Å². The van der Waals surface area contributed by atoms with E-state index in [1.54, 1.807) is 0 Å². The molecule has 0 aliphatic rings. The average Bonchev–Trinajstić information content (AvgIpc) is 2.40. The maximum atomic E-state index is 12.0. The van der Waals surface area contributed by atoms with Gasteiger partial charge in [-0.1, -0.05) is 32.0 Å². The number of nitrogens with one attached hydrogen (secondary N) is 2. The van der Waals surface area contributed by atoms with Crippen molar-refractivity contribution < 1.29 is 9.59 Å². The minimum absolute atomic E-state index is 0.275. The molecule has 0 aliphatic carbocycles. The third-order valence-corrected chi connectivity index (χ3v) is 3.22. The normalized spacial score (nSPS) is 10.8. The van der Waals surface area contributed by atoms with Crippen LogP contribution in [0.15, 0.2) is 18.2 Å². The summed E-state index contributed by atoms with van der Waals surface area (Å²) >= 11 is 0. The Labute approximate surface area is 126 Å². The van der Waals surface area contributed by atoms with Crippen molar-refractivity contribution in [3.05, 3.63) is 29.3 Å². The van der Waals surface area contributed by atoms with Gasteiger partial charge in [0.15, 0.2) is 0 Å². The molecule has 2 amide bonds. The molecule has 1 rings (SSSR count). The van der Waals surface area contributed by atoms with Crippen LogP contribution in [0.1, 0.15) is 30.9 Å². The lowest BCUT2D eigenvalue weighted by molar-refractivity contribution is -0.136. The van der Waals surface area contributed by atoms with Gasteiger partial charge < -0.3 is 15.5 Å². The molecule has 0 bridgehead atoms.